The van der Waals surface area contributed by atoms with Crippen LogP contribution in [0.5, 0.6) is 0 Å². The topological polar surface area (TPSA) is 21.1 Å². The molecule has 0 aliphatic carbocycles. The molecule has 1 aromatic rings. The Balaban J connectivity index is 2.17. The van der Waals surface area contributed by atoms with E-state index in [0.29, 0.717) is 0 Å². The second-order valence-electron chi connectivity index (χ2n) is 3.41. The molecule has 0 atom stereocenters. The molecule has 1 aromatic heterocycles. The van der Waals surface area contributed by atoms with Crippen molar-refractivity contribution in [2.24, 2.45) is 7.05 Å². The van der Waals surface area contributed by atoms with Crippen LogP contribution in [-0.2, 0) is 20.0 Å². The second-order valence-corrected chi connectivity index (χ2v) is 3.41. The van der Waals surface area contributed by atoms with Crippen LogP contribution in [0.15, 0.2) is 6.33 Å². The van der Waals surface area contributed by atoms with E-state index in [1.165, 1.54) is 11.4 Å². The Hall–Kier alpha value is -1.27. The number of aromatic nitrogens is 2. The third-order valence-electron chi connectivity index (χ3n) is 2.50. The number of imidazole rings is 1. The molecule has 13 heavy (non-hydrogen) atoms. The number of hydrogen-bond acceptors (Lipinski definition) is 2. The van der Waals surface area contributed by atoms with E-state index in [4.69, 9.17) is 6.42 Å². The highest BCUT2D eigenvalue weighted by molar-refractivity contribution is 5.16. The van der Waals surface area contributed by atoms with Crippen LogP contribution in [0.25, 0.3) is 0 Å². The van der Waals surface area contributed by atoms with Crippen molar-refractivity contribution in [2.45, 2.75) is 13.0 Å². The van der Waals surface area contributed by atoms with Gasteiger partial charge in [0.2, 0.25) is 0 Å². The highest BCUT2D eigenvalue weighted by atomic mass is 15.2. The zero-order chi connectivity index (χ0) is 9.26. The average molecular weight is 175 g/mol. The predicted molar refractivity (Wildman–Crippen MR) is 51.0 cm³/mol. The van der Waals surface area contributed by atoms with Crippen molar-refractivity contribution in [3.8, 4) is 12.3 Å². The van der Waals surface area contributed by atoms with Gasteiger partial charge in [-0.25, -0.2) is 4.98 Å². The normalized spacial score (nSPS) is 16.6. The molecule has 0 radical (unpaired) electrons. The third kappa shape index (κ3) is 1.45. The predicted octanol–water partition coefficient (Wildman–Crippen LogP) is 0.411. The molecule has 0 fully saturated rings. The summed E-state index contributed by atoms with van der Waals surface area (Å²) >= 11 is 0. The van der Waals surface area contributed by atoms with Crippen molar-refractivity contribution in [3.05, 3.63) is 17.7 Å². The first-order chi connectivity index (χ1) is 6.31. The standard InChI is InChI=1S/C10H13N3/c1-3-5-13-6-4-10-9(7-13)11-8-12(10)2/h1,8H,4-7H2,2H3. The van der Waals surface area contributed by atoms with Crippen LogP contribution < -0.4 is 0 Å². The number of nitrogens with zero attached hydrogens (tertiary/aromatic N) is 3. The van der Waals surface area contributed by atoms with E-state index in [1.54, 1.807) is 0 Å². The molecule has 2 rings (SSSR count). The number of aryl methyl sites for hydroxylation is 1. The minimum absolute atomic E-state index is 0.732. The van der Waals surface area contributed by atoms with E-state index in [2.05, 4.69) is 20.4 Å². The maximum atomic E-state index is 5.27. The number of terminal acetylenes is 1. The molecular weight excluding hydrogens is 162 g/mol. The van der Waals surface area contributed by atoms with E-state index >= 15 is 0 Å². The van der Waals surface area contributed by atoms with Gasteiger partial charge in [-0.1, -0.05) is 5.92 Å². The highest BCUT2D eigenvalue weighted by Crippen LogP contribution is 2.15. The summed E-state index contributed by atoms with van der Waals surface area (Å²) in [5.41, 5.74) is 2.54. The van der Waals surface area contributed by atoms with Crippen LogP contribution in [0.4, 0.5) is 0 Å². The largest absolute Gasteiger partial charge is 0.337 e. The number of fused-ring (bicyclic) bond motifs is 1. The number of hydrogen-bond donors (Lipinski definition) is 0. The average Bonchev–Trinajstić information content (AvgIpc) is 2.48. The fourth-order valence-electron chi connectivity index (χ4n) is 1.78. The van der Waals surface area contributed by atoms with E-state index in [-0.39, 0.29) is 0 Å². The van der Waals surface area contributed by atoms with Crippen molar-refractivity contribution < 1.29 is 0 Å². The zero-order valence-corrected chi connectivity index (χ0v) is 7.82. The molecular formula is C10H13N3. The SMILES string of the molecule is C#CCN1CCc2c(ncn2C)C1. The fourth-order valence-corrected chi connectivity index (χ4v) is 1.78. The van der Waals surface area contributed by atoms with Gasteiger partial charge in [0.15, 0.2) is 0 Å². The van der Waals surface area contributed by atoms with Crippen molar-refractivity contribution in [1.29, 1.82) is 0 Å². The zero-order valence-electron chi connectivity index (χ0n) is 7.82. The molecule has 0 spiro atoms. The summed E-state index contributed by atoms with van der Waals surface area (Å²) in [7, 11) is 2.04. The van der Waals surface area contributed by atoms with E-state index < -0.39 is 0 Å². The molecule has 0 amide bonds. The van der Waals surface area contributed by atoms with Gasteiger partial charge in [-0.2, -0.15) is 0 Å². The lowest BCUT2D eigenvalue weighted by Gasteiger charge is -2.24. The van der Waals surface area contributed by atoms with Gasteiger partial charge in [0.1, 0.15) is 0 Å². The summed E-state index contributed by atoms with van der Waals surface area (Å²) in [6.45, 7) is 2.69. The Morgan fingerprint density at radius 2 is 2.54 bits per heavy atom. The lowest BCUT2D eigenvalue weighted by molar-refractivity contribution is 0.279. The Bertz CT molecular complexity index is 346. The van der Waals surface area contributed by atoms with Gasteiger partial charge in [-0.3, -0.25) is 4.90 Å². The molecule has 2 heterocycles. The van der Waals surface area contributed by atoms with Gasteiger partial charge in [0.05, 0.1) is 18.6 Å². The Kier molecular flexibility index (Phi) is 2.07. The summed E-state index contributed by atoms with van der Waals surface area (Å²) in [5.74, 6) is 2.67. The Morgan fingerprint density at radius 3 is 3.31 bits per heavy atom. The molecule has 1 aliphatic rings. The summed E-state index contributed by atoms with van der Waals surface area (Å²) in [4.78, 5) is 6.59. The first-order valence-electron chi connectivity index (χ1n) is 4.46. The Labute approximate surface area is 78.4 Å². The van der Waals surface area contributed by atoms with E-state index in [1.807, 2.05) is 13.4 Å². The fraction of sp³-hybridized carbons (Fsp3) is 0.500. The van der Waals surface area contributed by atoms with Crippen molar-refractivity contribution in [3.63, 3.8) is 0 Å². The molecule has 0 unspecified atom stereocenters. The van der Waals surface area contributed by atoms with Crippen molar-refractivity contribution in [2.75, 3.05) is 13.1 Å². The smallest absolute Gasteiger partial charge is 0.0949 e. The second kappa shape index (κ2) is 3.23. The van der Waals surface area contributed by atoms with Gasteiger partial charge >= 0.3 is 0 Å². The molecule has 1 aliphatic heterocycles. The maximum Gasteiger partial charge on any atom is 0.0949 e. The quantitative estimate of drug-likeness (QED) is 0.576. The van der Waals surface area contributed by atoms with Crippen LogP contribution in [0.2, 0.25) is 0 Å². The van der Waals surface area contributed by atoms with Crippen molar-refractivity contribution in [1.82, 2.24) is 14.5 Å². The summed E-state index contributed by atoms with van der Waals surface area (Å²) in [5, 5.41) is 0. The molecule has 0 aromatic carbocycles. The summed E-state index contributed by atoms with van der Waals surface area (Å²) in [6, 6.07) is 0. The molecule has 0 bridgehead atoms. The lowest BCUT2D eigenvalue weighted by atomic mass is 10.1. The maximum absolute atomic E-state index is 5.27. The van der Waals surface area contributed by atoms with E-state index in [0.717, 1.165) is 26.1 Å². The molecule has 0 saturated heterocycles. The Morgan fingerprint density at radius 1 is 1.69 bits per heavy atom. The van der Waals surface area contributed by atoms with E-state index in [9.17, 15) is 0 Å². The lowest BCUT2D eigenvalue weighted by Crippen LogP contribution is -2.31. The monoisotopic (exact) mass is 175 g/mol. The van der Waals surface area contributed by atoms with Crippen LogP contribution in [-0.4, -0.2) is 27.5 Å². The van der Waals surface area contributed by atoms with Crippen LogP contribution in [0.3, 0.4) is 0 Å². The number of rotatable bonds is 1. The molecule has 3 heteroatoms. The molecule has 0 saturated carbocycles. The van der Waals surface area contributed by atoms with Crippen LogP contribution in [0.1, 0.15) is 11.4 Å². The molecule has 68 valence electrons. The van der Waals surface area contributed by atoms with Gasteiger partial charge in [-0.05, 0) is 0 Å². The van der Waals surface area contributed by atoms with Crippen molar-refractivity contribution >= 4 is 0 Å². The minimum Gasteiger partial charge on any atom is -0.337 e. The summed E-state index contributed by atoms with van der Waals surface area (Å²) in [6.07, 6.45) is 8.21. The first kappa shape index (κ1) is 8.33. The minimum atomic E-state index is 0.732. The van der Waals surface area contributed by atoms with Gasteiger partial charge in [0.25, 0.3) is 0 Å². The van der Waals surface area contributed by atoms with Gasteiger partial charge in [-0.15, -0.1) is 6.42 Å². The first-order valence-corrected chi connectivity index (χ1v) is 4.46. The third-order valence-corrected chi connectivity index (χ3v) is 2.50. The van der Waals surface area contributed by atoms with Crippen LogP contribution >= 0.6 is 0 Å². The van der Waals surface area contributed by atoms with Crippen LogP contribution in [0, 0.1) is 12.3 Å². The summed E-state index contributed by atoms with van der Waals surface area (Å²) < 4.78 is 2.10. The molecule has 3 nitrogen and oxygen atoms in total. The highest BCUT2D eigenvalue weighted by Gasteiger charge is 2.18. The van der Waals surface area contributed by atoms with Gasteiger partial charge in [0, 0.05) is 32.3 Å². The van der Waals surface area contributed by atoms with Gasteiger partial charge < -0.3 is 4.57 Å². The molecule has 0 N–H and O–H groups in total.